The van der Waals surface area contributed by atoms with Crippen molar-refractivity contribution in [1.82, 2.24) is 5.16 Å². The van der Waals surface area contributed by atoms with E-state index in [0.29, 0.717) is 23.8 Å². The smallest absolute Gasteiger partial charge is 0.366 e. The Balaban J connectivity index is 1.48. The molecule has 1 heterocycles. The summed E-state index contributed by atoms with van der Waals surface area (Å²) in [5, 5.41) is 7.17. The normalized spacial score (nSPS) is 10.5. The Morgan fingerprint density at radius 2 is 1.77 bits per heavy atom. The topological polar surface area (TPSA) is 73.6 Å². The van der Waals surface area contributed by atoms with Crippen LogP contribution in [-0.4, -0.2) is 18.2 Å². The van der Waals surface area contributed by atoms with Gasteiger partial charge < -0.3 is 19.3 Å². The Labute approximate surface area is 187 Å². The van der Waals surface area contributed by atoms with Gasteiger partial charge in [-0.15, -0.1) is 0 Å². The number of esters is 1. The van der Waals surface area contributed by atoms with E-state index in [2.05, 4.69) is 26.4 Å². The minimum Gasteiger partial charge on any atom is -0.493 e. The Morgan fingerprint density at radius 3 is 2.52 bits per heavy atom. The highest BCUT2D eigenvalue weighted by molar-refractivity contribution is 9.10. The number of methoxy groups -OCH3 is 1. The molecule has 0 fully saturated rings. The quantitative estimate of drug-likeness (QED) is 0.261. The van der Waals surface area contributed by atoms with Gasteiger partial charge in [-0.1, -0.05) is 57.5 Å². The zero-order valence-corrected chi connectivity index (χ0v) is 18.3. The monoisotopic (exact) mass is 478 g/mol. The minimum atomic E-state index is -0.623. The molecule has 0 radical (unpaired) electrons. The first-order chi connectivity index (χ1) is 15.1. The molecule has 31 heavy (non-hydrogen) atoms. The van der Waals surface area contributed by atoms with Gasteiger partial charge >= 0.3 is 5.97 Å². The third-order valence-corrected chi connectivity index (χ3v) is 5.08. The van der Waals surface area contributed by atoms with Gasteiger partial charge in [-0.05, 0) is 42.0 Å². The van der Waals surface area contributed by atoms with E-state index >= 15 is 0 Å². The van der Waals surface area contributed by atoms with Gasteiger partial charge in [0.25, 0.3) is 0 Å². The van der Waals surface area contributed by atoms with Gasteiger partial charge in [0.05, 0.1) is 7.11 Å². The van der Waals surface area contributed by atoms with E-state index in [-0.39, 0.29) is 5.69 Å². The first-order valence-corrected chi connectivity index (χ1v) is 10.3. The highest BCUT2D eigenvalue weighted by Gasteiger charge is 2.18. The van der Waals surface area contributed by atoms with Crippen LogP contribution in [0.2, 0.25) is 0 Å². The highest BCUT2D eigenvalue weighted by Crippen LogP contribution is 2.30. The van der Waals surface area contributed by atoms with E-state index in [1.54, 1.807) is 18.2 Å². The molecule has 0 unspecified atom stereocenters. The number of hydrogen-bond acceptors (Lipinski definition) is 6. The second-order valence-electron chi connectivity index (χ2n) is 6.68. The summed E-state index contributed by atoms with van der Waals surface area (Å²) in [4.78, 5) is 12.6. The van der Waals surface area contributed by atoms with E-state index in [1.807, 2.05) is 60.7 Å². The molecule has 4 aromatic rings. The van der Waals surface area contributed by atoms with Crippen molar-refractivity contribution in [2.75, 3.05) is 12.4 Å². The molecule has 0 bridgehead atoms. The van der Waals surface area contributed by atoms with E-state index in [4.69, 9.17) is 14.0 Å². The fourth-order valence-electron chi connectivity index (χ4n) is 2.94. The number of carbonyl (C=O) groups is 1. The van der Waals surface area contributed by atoms with Crippen LogP contribution < -0.4 is 14.8 Å². The molecule has 0 saturated heterocycles. The molecule has 3 aromatic carbocycles. The fraction of sp³-hybridized carbons (Fsp3) is 0.0833. The zero-order valence-electron chi connectivity index (χ0n) is 16.7. The van der Waals surface area contributed by atoms with Crippen molar-refractivity contribution in [2.24, 2.45) is 0 Å². The molecular formula is C24H19BrN2O4. The number of benzene rings is 3. The maximum atomic E-state index is 12.6. The van der Waals surface area contributed by atoms with Crippen molar-refractivity contribution in [2.45, 2.75) is 6.54 Å². The summed E-state index contributed by atoms with van der Waals surface area (Å²) in [5.41, 5.74) is 2.82. The average Bonchev–Trinajstić information content (AvgIpc) is 3.30. The Morgan fingerprint density at radius 1 is 1.00 bits per heavy atom. The Kier molecular flexibility index (Phi) is 6.33. The highest BCUT2D eigenvalue weighted by atomic mass is 79.9. The summed E-state index contributed by atoms with van der Waals surface area (Å²) < 4.78 is 17.2. The molecule has 0 saturated carbocycles. The van der Waals surface area contributed by atoms with Crippen molar-refractivity contribution >= 4 is 27.6 Å². The number of aromatic nitrogens is 1. The lowest BCUT2D eigenvalue weighted by molar-refractivity contribution is 0.0719. The third kappa shape index (κ3) is 5.13. The molecule has 0 spiro atoms. The van der Waals surface area contributed by atoms with Crippen LogP contribution in [0.1, 0.15) is 16.1 Å². The molecule has 0 amide bonds. The summed E-state index contributed by atoms with van der Waals surface area (Å²) in [5.74, 6) is 0.633. The van der Waals surface area contributed by atoms with Crippen molar-refractivity contribution in [3.8, 4) is 22.8 Å². The number of ether oxygens (including phenoxy) is 2. The maximum absolute atomic E-state index is 12.6. The van der Waals surface area contributed by atoms with E-state index in [9.17, 15) is 4.79 Å². The van der Waals surface area contributed by atoms with E-state index in [0.717, 1.165) is 21.3 Å². The van der Waals surface area contributed by atoms with Crippen LogP contribution in [0, 0.1) is 0 Å². The Hall–Kier alpha value is -3.58. The lowest BCUT2D eigenvalue weighted by Gasteiger charge is -2.11. The molecule has 156 valence electrons. The molecule has 7 heteroatoms. The van der Waals surface area contributed by atoms with Gasteiger partial charge in [0, 0.05) is 28.3 Å². The van der Waals surface area contributed by atoms with Crippen LogP contribution in [0.5, 0.6) is 11.5 Å². The van der Waals surface area contributed by atoms with Crippen LogP contribution in [0.4, 0.5) is 5.69 Å². The summed E-state index contributed by atoms with van der Waals surface area (Å²) in [6.45, 7) is 0.554. The first kappa shape index (κ1) is 20.7. The molecule has 1 aromatic heterocycles. The van der Waals surface area contributed by atoms with Gasteiger partial charge in [-0.25, -0.2) is 4.79 Å². The molecule has 0 aliphatic rings. The number of nitrogens with one attached hydrogen (secondary N) is 1. The van der Waals surface area contributed by atoms with Crippen LogP contribution in [0.15, 0.2) is 87.9 Å². The molecule has 0 atom stereocenters. The van der Waals surface area contributed by atoms with Gasteiger partial charge in [0.1, 0.15) is 0 Å². The van der Waals surface area contributed by atoms with Crippen LogP contribution in [0.3, 0.4) is 0 Å². The number of anilines is 1. The van der Waals surface area contributed by atoms with Gasteiger partial charge in [-0.3, -0.25) is 0 Å². The summed E-state index contributed by atoms with van der Waals surface area (Å²) >= 11 is 3.42. The second kappa shape index (κ2) is 9.49. The predicted molar refractivity (Wildman–Crippen MR) is 121 cm³/mol. The molecule has 0 aliphatic heterocycles. The molecule has 0 aliphatic carbocycles. The average molecular weight is 479 g/mol. The number of carbonyl (C=O) groups excluding carboxylic acids is 1. The number of halogens is 1. The van der Waals surface area contributed by atoms with Crippen LogP contribution in [-0.2, 0) is 6.54 Å². The standard InChI is InChI=1S/C24H19BrN2O4/c1-29-21-12-7-16(15-26-19-10-8-18(25)9-11-19)13-23(21)30-24(28)20-14-22(31-27-20)17-5-3-2-4-6-17/h2-14,26H,15H2,1H3. The van der Waals surface area contributed by atoms with Gasteiger partial charge in [-0.2, -0.15) is 0 Å². The largest absolute Gasteiger partial charge is 0.493 e. The fourth-order valence-corrected chi connectivity index (χ4v) is 3.21. The summed E-state index contributed by atoms with van der Waals surface area (Å²) in [6, 6.07) is 24.3. The lowest BCUT2D eigenvalue weighted by atomic mass is 10.1. The molecule has 6 nitrogen and oxygen atoms in total. The number of nitrogens with zero attached hydrogens (tertiary/aromatic N) is 1. The minimum absolute atomic E-state index is 0.0827. The Bertz CT molecular complexity index is 1170. The van der Waals surface area contributed by atoms with Gasteiger partial charge in [0.15, 0.2) is 23.0 Å². The number of rotatable bonds is 7. The van der Waals surface area contributed by atoms with Crippen molar-refractivity contribution < 1.29 is 18.8 Å². The summed E-state index contributed by atoms with van der Waals surface area (Å²) in [6.07, 6.45) is 0. The van der Waals surface area contributed by atoms with Gasteiger partial charge in [0.2, 0.25) is 0 Å². The maximum Gasteiger partial charge on any atom is 0.366 e. The molecule has 1 N–H and O–H groups in total. The second-order valence-corrected chi connectivity index (χ2v) is 7.59. The third-order valence-electron chi connectivity index (χ3n) is 4.55. The molecular weight excluding hydrogens is 460 g/mol. The van der Waals surface area contributed by atoms with Crippen molar-refractivity contribution in [3.05, 3.63) is 94.6 Å². The first-order valence-electron chi connectivity index (χ1n) is 9.53. The lowest BCUT2D eigenvalue weighted by Crippen LogP contribution is -2.10. The van der Waals surface area contributed by atoms with Crippen LogP contribution in [0.25, 0.3) is 11.3 Å². The van der Waals surface area contributed by atoms with E-state index in [1.165, 1.54) is 7.11 Å². The van der Waals surface area contributed by atoms with Crippen molar-refractivity contribution in [3.63, 3.8) is 0 Å². The summed E-state index contributed by atoms with van der Waals surface area (Å²) in [7, 11) is 1.52. The zero-order chi connectivity index (χ0) is 21.6. The number of hydrogen-bond donors (Lipinski definition) is 1. The molecule has 4 rings (SSSR count). The van der Waals surface area contributed by atoms with E-state index < -0.39 is 5.97 Å². The predicted octanol–water partition coefficient (Wildman–Crippen LogP) is 5.94. The van der Waals surface area contributed by atoms with Crippen LogP contribution >= 0.6 is 15.9 Å². The SMILES string of the molecule is COc1ccc(CNc2ccc(Br)cc2)cc1OC(=O)c1cc(-c2ccccc2)on1. The van der Waals surface area contributed by atoms with Crippen molar-refractivity contribution in [1.29, 1.82) is 0 Å².